The maximum Gasteiger partial charge on any atom is 0.0525 e. The molecule has 66 valence electrons. The topological polar surface area (TPSA) is 40.7 Å². The van der Waals surface area contributed by atoms with E-state index < -0.39 is 0 Å². The molecular weight excluding hydrogens is 150 g/mol. The Morgan fingerprint density at radius 2 is 2.67 bits per heavy atom. The van der Waals surface area contributed by atoms with Gasteiger partial charge in [0.05, 0.1) is 6.20 Å². The van der Waals surface area contributed by atoms with Gasteiger partial charge in [-0.1, -0.05) is 0 Å². The Morgan fingerprint density at radius 1 is 1.75 bits per heavy atom. The summed E-state index contributed by atoms with van der Waals surface area (Å²) >= 11 is 0. The summed E-state index contributed by atoms with van der Waals surface area (Å²) in [6, 6.07) is 0. The molecule has 0 aliphatic heterocycles. The second kappa shape index (κ2) is 3.27. The van der Waals surface area contributed by atoms with Crippen LogP contribution in [0.4, 0.5) is 0 Å². The average Bonchev–Trinajstić information content (AvgIpc) is 2.53. The monoisotopic (exact) mass is 165 g/mol. The minimum absolute atomic E-state index is 0.678. The predicted molar refractivity (Wildman–Crippen MR) is 48.2 cm³/mol. The fraction of sp³-hybridized carbons (Fsp3) is 0.667. The van der Waals surface area contributed by atoms with Gasteiger partial charge in [-0.25, -0.2) is 0 Å². The molecular formula is C9H15N3. The summed E-state index contributed by atoms with van der Waals surface area (Å²) in [6.45, 7) is 1.08. The zero-order valence-corrected chi connectivity index (χ0v) is 7.43. The Labute approximate surface area is 72.6 Å². The Kier molecular flexibility index (Phi) is 2.13. The minimum atomic E-state index is 0.678. The maximum absolute atomic E-state index is 4.08. The molecule has 1 aromatic rings. The molecule has 0 spiro atoms. The molecule has 3 nitrogen and oxygen atoms in total. The fourth-order valence-electron chi connectivity index (χ4n) is 2.01. The van der Waals surface area contributed by atoms with Gasteiger partial charge < -0.3 is 5.32 Å². The molecule has 12 heavy (non-hydrogen) atoms. The molecule has 2 N–H and O–H groups in total. The van der Waals surface area contributed by atoms with E-state index in [1.807, 2.05) is 13.2 Å². The van der Waals surface area contributed by atoms with Gasteiger partial charge in [0.15, 0.2) is 0 Å². The van der Waals surface area contributed by atoms with E-state index in [-0.39, 0.29) is 0 Å². The first-order valence-electron chi connectivity index (χ1n) is 4.58. The van der Waals surface area contributed by atoms with Gasteiger partial charge in [-0.3, -0.25) is 5.10 Å². The molecule has 1 aromatic heterocycles. The number of aromatic amines is 1. The molecule has 1 aliphatic carbocycles. The van der Waals surface area contributed by atoms with Crippen molar-refractivity contribution in [2.24, 2.45) is 0 Å². The van der Waals surface area contributed by atoms with Crippen molar-refractivity contribution >= 4 is 0 Å². The molecule has 0 saturated heterocycles. The lowest BCUT2D eigenvalue weighted by Gasteiger charge is -2.21. The molecule has 0 amide bonds. The highest BCUT2D eigenvalue weighted by Crippen LogP contribution is 2.29. The Hall–Kier alpha value is -0.830. The average molecular weight is 165 g/mol. The van der Waals surface area contributed by atoms with Gasteiger partial charge in [0, 0.05) is 12.2 Å². The molecule has 1 aliphatic rings. The van der Waals surface area contributed by atoms with Gasteiger partial charge in [0.25, 0.3) is 0 Å². The number of hydrogen-bond acceptors (Lipinski definition) is 2. The van der Waals surface area contributed by atoms with Crippen LogP contribution in [-0.4, -0.2) is 23.8 Å². The second-order valence-electron chi connectivity index (χ2n) is 3.45. The summed E-state index contributed by atoms with van der Waals surface area (Å²) in [4.78, 5) is 0. The quantitative estimate of drug-likeness (QED) is 0.687. The van der Waals surface area contributed by atoms with Crippen LogP contribution in [0.3, 0.4) is 0 Å². The smallest absolute Gasteiger partial charge is 0.0525 e. The summed E-state index contributed by atoms with van der Waals surface area (Å²) < 4.78 is 0. The molecule has 0 bridgehead atoms. The highest BCUT2D eigenvalue weighted by atomic mass is 15.1. The normalized spacial score (nSPS) is 22.2. The number of aryl methyl sites for hydroxylation is 1. The SMILES string of the molecule is CNCC1CCCc2[nH]ncc21. The minimum Gasteiger partial charge on any atom is -0.319 e. The van der Waals surface area contributed by atoms with E-state index in [4.69, 9.17) is 0 Å². The highest BCUT2D eigenvalue weighted by Gasteiger charge is 2.20. The van der Waals surface area contributed by atoms with Gasteiger partial charge in [-0.05, 0) is 37.8 Å². The molecule has 3 heteroatoms. The number of likely N-dealkylation sites (N-methyl/N-ethyl adjacent to an activating group) is 1. The molecule has 1 unspecified atom stereocenters. The van der Waals surface area contributed by atoms with Crippen molar-refractivity contribution in [1.29, 1.82) is 0 Å². The number of rotatable bonds is 2. The first-order chi connectivity index (χ1) is 5.92. The van der Waals surface area contributed by atoms with E-state index >= 15 is 0 Å². The van der Waals surface area contributed by atoms with E-state index in [0.717, 1.165) is 6.54 Å². The number of nitrogens with zero attached hydrogens (tertiary/aromatic N) is 1. The summed E-state index contributed by atoms with van der Waals surface area (Å²) in [6.07, 6.45) is 5.75. The lowest BCUT2D eigenvalue weighted by molar-refractivity contribution is 0.526. The second-order valence-corrected chi connectivity index (χ2v) is 3.45. The van der Waals surface area contributed by atoms with Crippen LogP contribution in [-0.2, 0) is 6.42 Å². The number of hydrogen-bond donors (Lipinski definition) is 2. The fourth-order valence-corrected chi connectivity index (χ4v) is 2.01. The number of nitrogens with one attached hydrogen (secondary N) is 2. The van der Waals surface area contributed by atoms with Gasteiger partial charge in [0.1, 0.15) is 0 Å². The number of fused-ring (bicyclic) bond motifs is 1. The van der Waals surface area contributed by atoms with Crippen molar-refractivity contribution < 1.29 is 0 Å². The Morgan fingerprint density at radius 3 is 3.50 bits per heavy atom. The Bertz CT molecular complexity index is 254. The standard InChI is InChI=1S/C9H15N3/c1-10-5-7-3-2-4-9-8(7)6-11-12-9/h6-7,10H,2-5H2,1H3,(H,11,12). The van der Waals surface area contributed by atoms with Crippen molar-refractivity contribution in [3.63, 3.8) is 0 Å². The van der Waals surface area contributed by atoms with Crippen LogP contribution >= 0.6 is 0 Å². The van der Waals surface area contributed by atoms with Crippen LogP contribution < -0.4 is 5.32 Å². The van der Waals surface area contributed by atoms with Crippen LogP contribution in [0.1, 0.15) is 30.0 Å². The van der Waals surface area contributed by atoms with Crippen molar-refractivity contribution in [1.82, 2.24) is 15.5 Å². The molecule has 0 aromatic carbocycles. The van der Waals surface area contributed by atoms with Gasteiger partial charge >= 0.3 is 0 Å². The highest BCUT2D eigenvalue weighted by molar-refractivity contribution is 5.24. The lowest BCUT2D eigenvalue weighted by Crippen LogP contribution is -2.20. The molecule has 0 fully saturated rings. The van der Waals surface area contributed by atoms with E-state index in [9.17, 15) is 0 Å². The Balaban J connectivity index is 2.19. The molecule has 1 atom stereocenters. The molecule has 2 rings (SSSR count). The third-order valence-electron chi connectivity index (χ3n) is 2.62. The van der Waals surface area contributed by atoms with Crippen LogP contribution in [0.2, 0.25) is 0 Å². The molecule has 0 radical (unpaired) electrons. The van der Waals surface area contributed by atoms with E-state index in [1.54, 1.807) is 0 Å². The lowest BCUT2D eigenvalue weighted by atomic mass is 9.87. The van der Waals surface area contributed by atoms with E-state index in [0.29, 0.717) is 5.92 Å². The van der Waals surface area contributed by atoms with Crippen molar-refractivity contribution in [2.75, 3.05) is 13.6 Å². The molecule has 1 heterocycles. The van der Waals surface area contributed by atoms with Gasteiger partial charge in [-0.15, -0.1) is 0 Å². The van der Waals surface area contributed by atoms with Crippen molar-refractivity contribution in [3.8, 4) is 0 Å². The zero-order valence-electron chi connectivity index (χ0n) is 7.43. The van der Waals surface area contributed by atoms with Crippen molar-refractivity contribution in [3.05, 3.63) is 17.5 Å². The van der Waals surface area contributed by atoms with Crippen LogP contribution in [0.5, 0.6) is 0 Å². The number of aromatic nitrogens is 2. The largest absolute Gasteiger partial charge is 0.319 e. The predicted octanol–water partition coefficient (Wildman–Crippen LogP) is 1.05. The zero-order chi connectivity index (χ0) is 8.39. The first-order valence-corrected chi connectivity index (χ1v) is 4.58. The van der Waals surface area contributed by atoms with E-state index in [2.05, 4.69) is 15.5 Å². The third-order valence-corrected chi connectivity index (χ3v) is 2.62. The van der Waals surface area contributed by atoms with Crippen LogP contribution in [0, 0.1) is 0 Å². The maximum atomic E-state index is 4.08. The summed E-state index contributed by atoms with van der Waals surface area (Å²) in [7, 11) is 2.01. The van der Waals surface area contributed by atoms with Crippen LogP contribution in [0.15, 0.2) is 6.20 Å². The van der Waals surface area contributed by atoms with E-state index in [1.165, 1.54) is 30.5 Å². The first kappa shape index (κ1) is 7.80. The number of H-pyrrole nitrogens is 1. The third kappa shape index (κ3) is 1.25. The summed E-state index contributed by atoms with van der Waals surface area (Å²) in [5.41, 5.74) is 2.78. The molecule has 0 saturated carbocycles. The van der Waals surface area contributed by atoms with Gasteiger partial charge in [0.2, 0.25) is 0 Å². The summed E-state index contributed by atoms with van der Waals surface area (Å²) in [5, 5.41) is 10.4. The van der Waals surface area contributed by atoms with Crippen molar-refractivity contribution in [2.45, 2.75) is 25.2 Å². The van der Waals surface area contributed by atoms with Crippen LogP contribution in [0.25, 0.3) is 0 Å². The van der Waals surface area contributed by atoms with Gasteiger partial charge in [-0.2, -0.15) is 5.10 Å². The summed E-state index contributed by atoms with van der Waals surface area (Å²) in [5.74, 6) is 0.678.